The number of amides is 2. The van der Waals surface area contributed by atoms with Gasteiger partial charge < -0.3 is 9.80 Å². The van der Waals surface area contributed by atoms with Crippen molar-refractivity contribution in [3.05, 3.63) is 0 Å². The Hall–Kier alpha value is -1.06. The number of carbonyl (C=O) groups excluding carboxylic acids is 2. The molecule has 0 radical (unpaired) electrons. The highest BCUT2D eigenvalue weighted by Gasteiger charge is 2.26. The molecule has 1 aliphatic heterocycles. The van der Waals surface area contributed by atoms with E-state index in [0.29, 0.717) is 13.0 Å². The third kappa shape index (κ3) is 2.44. The van der Waals surface area contributed by atoms with E-state index in [4.69, 9.17) is 0 Å². The minimum atomic E-state index is -0.0237. The third-order valence-corrected chi connectivity index (χ3v) is 2.20. The van der Waals surface area contributed by atoms with Crippen molar-refractivity contribution in [3.63, 3.8) is 0 Å². The largest absolute Gasteiger partial charge is 0.326 e. The Kier molecular flexibility index (Phi) is 3.28. The van der Waals surface area contributed by atoms with Crippen molar-refractivity contribution in [2.45, 2.75) is 19.8 Å². The van der Waals surface area contributed by atoms with Crippen molar-refractivity contribution < 1.29 is 9.59 Å². The molecule has 4 heteroatoms. The van der Waals surface area contributed by atoms with Crippen LogP contribution in [0, 0.1) is 0 Å². The summed E-state index contributed by atoms with van der Waals surface area (Å²) in [6, 6.07) is -0.0237. The van der Waals surface area contributed by atoms with Gasteiger partial charge in [0, 0.05) is 26.6 Å². The summed E-state index contributed by atoms with van der Waals surface area (Å²) < 4.78 is 0. The van der Waals surface area contributed by atoms with Crippen molar-refractivity contribution in [3.8, 4) is 0 Å². The molecule has 1 fully saturated rings. The molecule has 1 heterocycles. The SMILES string of the molecule is CCCC(=O)CN1CCN(C)C1=O. The summed E-state index contributed by atoms with van der Waals surface area (Å²) in [6.45, 7) is 3.68. The standard InChI is InChI=1S/C9H16N2O2/c1-3-4-8(12)7-11-6-5-10(2)9(11)13/h3-7H2,1-2H3. The number of hydrogen-bond donors (Lipinski definition) is 0. The van der Waals surface area contributed by atoms with E-state index in [1.165, 1.54) is 0 Å². The van der Waals surface area contributed by atoms with Crippen LogP contribution in [-0.4, -0.2) is 48.3 Å². The van der Waals surface area contributed by atoms with E-state index in [2.05, 4.69) is 0 Å². The molecule has 0 aromatic heterocycles. The fourth-order valence-corrected chi connectivity index (χ4v) is 1.42. The molecule has 0 unspecified atom stereocenters. The van der Waals surface area contributed by atoms with E-state index in [-0.39, 0.29) is 18.4 Å². The van der Waals surface area contributed by atoms with E-state index in [0.717, 1.165) is 13.0 Å². The number of rotatable bonds is 4. The van der Waals surface area contributed by atoms with Crippen molar-refractivity contribution >= 4 is 11.8 Å². The number of likely N-dealkylation sites (N-methyl/N-ethyl adjacent to an activating group) is 1. The first-order valence-corrected chi connectivity index (χ1v) is 4.67. The lowest BCUT2D eigenvalue weighted by Gasteiger charge is -2.14. The van der Waals surface area contributed by atoms with E-state index in [1.54, 1.807) is 16.8 Å². The van der Waals surface area contributed by atoms with Gasteiger partial charge in [-0.25, -0.2) is 4.79 Å². The maximum Gasteiger partial charge on any atom is 0.320 e. The zero-order chi connectivity index (χ0) is 9.84. The minimum Gasteiger partial charge on any atom is -0.326 e. The first kappa shape index (κ1) is 10.0. The smallest absolute Gasteiger partial charge is 0.320 e. The highest BCUT2D eigenvalue weighted by Crippen LogP contribution is 2.06. The average Bonchev–Trinajstić information content (AvgIpc) is 2.37. The Morgan fingerprint density at radius 3 is 2.62 bits per heavy atom. The molecule has 0 N–H and O–H groups in total. The lowest BCUT2D eigenvalue weighted by atomic mass is 10.2. The molecule has 13 heavy (non-hydrogen) atoms. The molecule has 2 amide bonds. The lowest BCUT2D eigenvalue weighted by Crippen LogP contribution is -2.33. The van der Waals surface area contributed by atoms with E-state index < -0.39 is 0 Å². The third-order valence-electron chi connectivity index (χ3n) is 2.20. The molecule has 0 saturated carbocycles. The van der Waals surface area contributed by atoms with Gasteiger partial charge >= 0.3 is 6.03 Å². The van der Waals surface area contributed by atoms with Gasteiger partial charge in [0.05, 0.1) is 6.54 Å². The number of urea groups is 1. The van der Waals surface area contributed by atoms with Crippen LogP contribution in [0.3, 0.4) is 0 Å². The minimum absolute atomic E-state index is 0.0237. The number of carbonyl (C=O) groups is 2. The highest BCUT2D eigenvalue weighted by molar-refractivity contribution is 5.86. The van der Waals surface area contributed by atoms with Crippen LogP contribution in [0.1, 0.15) is 19.8 Å². The van der Waals surface area contributed by atoms with Gasteiger partial charge in [0.25, 0.3) is 0 Å². The fourth-order valence-electron chi connectivity index (χ4n) is 1.42. The first-order chi connectivity index (χ1) is 6.15. The second-order valence-corrected chi connectivity index (χ2v) is 3.41. The maximum atomic E-state index is 11.3. The van der Waals surface area contributed by atoms with Crippen LogP contribution >= 0.6 is 0 Å². The number of hydrogen-bond acceptors (Lipinski definition) is 2. The van der Waals surface area contributed by atoms with Crippen molar-refractivity contribution in [1.82, 2.24) is 9.80 Å². The van der Waals surface area contributed by atoms with Gasteiger partial charge in [-0.2, -0.15) is 0 Å². The molecule has 0 bridgehead atoms. The molecule has 0 aliphatic carbocycles. The summed E-state index contributed by atoms with van der Waals surface area (Å²) in [5.41, 5.74) is 0. The lowest BCUT2D eigenvalue weighted by molar-refractivity contribution is -0.119. The predicted octanol–water partition coefficient (Wildman–Crippen LogP) is 0.723. The molecule has 0 aromatic carbocycles. The van der Waals surface area contributed by atoms with Crippen molar-refractivity contribution in [2.75, 3.05) is 26.7 Å². The predicted molar refractivity (Wildman–Crippen MR) is 49.5 cm³/mol. The Morgan fingerprint density at radius 1 is 1.46 bits per heavy atom. The number of Topliss-reactive ketones (excluding diaryl/α,β-unsaturated/α-hetero) is 1. The van der Waals surface area contributed by atoms with E-state index >= 15 is 0 Å². The monoisotopic (exact) mass is 184 g/mol. The summed E-state index contributed by atoms with van der Waals surface area (Å²) in [5, 5.41) is 0. The topological polar surface area (TPSA) is 40.6 Å². The van der Waals surface area contributed by atoms with Gasteiger partial charge in [0.2, 0.25) is 0 Å². The zero-order valence-electron chi connectivity index (χ0n) is 8.25. The summed E-state index contributed by atoms with van der Waals surface area (Å²) in [6.07, 6.45) is 1.43. The molecule has 1 saturated heterocycles. The summed E-state index contributed by atoms with van der Waals surface area (Å²) in [5.74, 6) is 0.158. The highest BCUT2D eigenvalue weighted by atomic mass is 16.2. The Morgan fingerprint density at radius 2 is 2.15 bits per heavy atom. The Bertz CT molecular complexity index is 216. The Labute approximate surface area is 78.5 Å². The normalized spacial score (nSPS) is 16.9. The van der Waals surface area contributed by atoms with E-state index in [9.17, 15) is 9.59 Å². The van der Waals surface area contributed by atoms with Crippen LogP contribution in [0.25, 0.3) is 0 Å². The Balaban J connectivity index is 2.38. The molecular formula is C9H16N2O2. The molecule has 74 valence electrons. The van der Waals surface area contributed by atoms with Crippen molar-refractivity contribution in [2.24, 2.45) is 0 Å². The summed E-state index contributed by atoms with van der Waals surface area (Å²) in [4.78, 5) is 25.8. The molecule has 0 spiro atoms. The van der Waals surface area contributed by atoms with Crippen LogP contribution in [-0.2, 0) is 4.79 Å². The molecular weight excluding hydrogens is 168 g/mol. The quantitative estimate of drug-likeness (QED) is 0.646. The second kappa shape index (κ2) is 4.25. The number of ketones is 1. The van der Waals surface area contributed by atoms with Gasteiger partial charge in [0.15, 0.2) is 5.78 Å². The van der Waals surface area contributed by atoms with Crippen LogP contribution in [0.2, 0.25) is 0 Å². The maximum absolute atomic E-state index is 11.3. The van der Waals surface area contributed by atoms with Crippen LogP contribution < -0.4 is 0 Å². The van der Waals surface area contributed by atoms with Gasteiger partial charge in [0.1, 0.15) is 0 Å². The fraction of sp³-hybridized carbons (Fsp3) is 0.778. The number of nitrogens with zero attached hydrogens (tertiary/aromatic N) is 2. The van der Waals surface area contributed by atoms with Crippen LogP contribution in [0.15, 0.2) is 0 Å². The second-order valence-electron chi connectivity index (χ2n) is 3.41. The molecule has 1 rings (SSSR count). The first-order valence-electron chi connectivity index (χ1n) is 4.67. The summed E-state index contributed by atoms with van der Waals surface area (Å²) in [7, 11) is 1.76. The molecule has 0 aromatic rings. The van der Waals surface area contributed by atoms with Crippen LogP contribution in [0.5, 0.6) is 0 Å². The summed E-state index contributed by atoms with van der Waals surface area (Å²) >= 11 is 0. The van der Waals surface area contributed by atoms with Crippen molar-refractivity contribution in [1.29, 1.82) is 0 Å². The van der Waals surface area contributed by atoms with Gasteiger partial charge in [-0.3, -0.25) is 4.79 Å². The molecule has 0 atom stereocenters. The van der Waals surface area contributed by atoms with Gasteiger partial charge in [-0.1, -0.05) is 6.92 Å². The zero-order valence-corrected chi connectivity index (χ0v) is 8.25. The van der Waals surface area contributed by atoms with Gasteiger partial charge in [-0.05, 0) is 6.42 Å². The van der Waals surface area contributed by atoms with Crippen LogP contribution in [0.4, 0.5) is 4.79 Å². The molecule has 4 nitrogen and oxygen atoms in total. The van der Waals surface area contributed by atoms with Gasteiger partial charge in [-0.15, -0.1) is 0 Å². The average molecular weight is 184 g/mol. The van der Waals surface area contributed by atoms with E-state index in [1.807, 2.05) is 6.92 Å². The molecule has 1 aliphatic rings.